The lowest BCUT2D eigenvalue weighted by molar-refractivity contribution is -0.231. The molecule has 2 aliphatic rings. The van der Waals surface area contributed by atoms with E-state index in [0.717, 1.165) is 26.1 Å². The Morgan fingerprint density at radius 3 is 2.65 bits per heavy atom. The summed E-state index contributed by atoms with van der Waals surface area (Å²) < 4.78 is 11.6. The van der Waals surface area contributed by atoms with Gasteiger partial charge in [-0.1, -0.05) is 24.6 Å². The summed E-state index contributed by atoms with van der Waals surface area (Å²) in [7, 11) is 0. The maximum absolute atomic E-state index is 10.3. The molecule has 3 rings (SSSR count). The Morgan fingerprint density at radius 1 is 1.23 bits per heavy atom. The second-order valence-electron chi connectivity index (χ2n) is 6.86. The third-order valence-electron chi connectivity index (χ3n) is 5.15. The zero-order chi connectivity index (χ0) is 18.8. The topological polar surface area (TPSA) is 103 Å². The van der Waals surface area contributed by atoms with E-state index in [4.69, 9.17) is 21.1 Å². The predicted molar refractivity (Wildman–Crippen MR) is 95.3 cm³/mol. The molecule has 0 bridgehead atoms. The third kappa shape index (κ3) is 3.99. The van der Waals surface area contributed by atoms with E-state index in [2.05, 4.69) is 11.8 Å². The summed E-state index contributed by atoms with van der Waals surface area (Å²) >= 11 is 6.26. The number of aliphatic hydroxyl groups excluding tert-OH is 4. The third-order valence-corrected chi connectivity index (χ3v) is 5.46. The first-order valence-electron chi connectivity index (χ1n) is 8.93. The molecule has 8 heteroatoms. The molecule has 2 aliphatic heterocycles. The summed E-state index contributed by atoms with van der Waals surface area (Å²) in [5.41, 5.74) is 0.562. The zero-order valence-corrected chi connectivity index (χ0v) is 15.4. The molecule has 0 saturated carbocycles. The maximum Gasteiger partial charge on any atom is 0.138 e. The molecule has 2 heterocycles. The van der Waals surface area contributed by atoms with E-state index in [1.165, 1.54) is 0 Å². The highest BCUT2D eigenvalue weighted by atomic mass is 35.5. The molecule has 1 aromatic rings. The van der Waals surface area contributed by atoms with Crippen LogP contribution in [0.1, 0.15) is 25.0 Å². The van der Waals surface area contributed by atoms with Gasteiger partial charge in [-0.05, 0) is 30.7 Å². The van der Waals surface area contributed by atoms with Gasteiger partial charge < -0.3 is 29.9 Å². The van der Waals surface area contributed by atoms with Crippen molar-refractivity contribution in [2.45, 2.75) is 50.0 Å². The second kappa shape index (κ2) is 8.39. The quantitative estimate of drug-likeness (QED) is 0.577. The predicted octanol–water partition coefficient (Wildman–Crippen LogP) is 0.328. The number of likely N-dealkylation sites (N-methyl/N-ethyl adjacent to an activating group) is 1. The van der Waals surface area contributed by atoms with Crippen LogP contribution >= 0.6 is 11.6 Å². The Morgan fingerprint density at radius 2 is 2.00 bits per heavy atom. The lowest BCUT2D eigenvalue weighted by Crippen LogP contribution is -2.55. The molecule has 0 aromatic heterocycles. The summed E-state index contributed by atoms with van der Waals surface area (Å²) in [6, 6.07) is 5.01. The molecule has 146 valence electrons. The van der Waals surface area contributed by atoms with Crippen LogP contribution in [0.15, 0.2) is 18.2 Å². The van der Waals surface area contributed by atoms with Gasteiger partial charge in [0.2, 0.25) is 0 Å². The van der Waals surface area contributed by atoms with Gasteiger partial charge in [-0.2, -0.15) is 0 Å². The van der Waals surface area contributed by atoms with E-state index in [9.17, 15) is 20.4 Å². The first kappa shape index (κ1) is 19.8. The number of halogens is 1. The summed E-state index contributed by atoms with van der Waals surface area (Å²) in [6.07, 6.45) is -5.03. The summed E-state index contributed by atoms with van der Waals surface area (Å²) in [5.74, 6) is 0.490. The van der Waals surface area contributed by atoms with Crippen molar-refractivity contribution in [3.63, 3.8) is 0 Å². The number of nitrogens with zero attached hydrogens (tertiary/aromatic N) is 1. The van der Waals surface area contributed by atoms with Crippen molar-refractivity contribution >= 4 is 11.6 Å². The molecular formula is C18H26ClNO6. The maximum atomic E-state index is 10.3. The fourth-order valence-corrected chi connectivity index (χ4v) is 3.69. The highest BCUT2D eigenvalue weighted by Gasteiger charge is 2.44. The van der Waals surface area contributed by atoms with Gasteiger partial charge in [-0.3, -0.25) is 4.90 Å². The van der Waals surface area contributed by atoms with E-state index in [1.54, 1.807) is 18.2 Å². The van der Waals surface area contributed by atoms with Crippen LogP contribution in [-0.4, -0.2) is 82.1 Å². The number of rotatable bonds is 5. The van der Waals surface area contributed by atoms with Crippen LogP contribution in [0.25, 0.3) is 0 Å². The molecule has 0 radical (unpaired) electrons. The SMILES string of the molecule is CCN1CCC(Oc2cc([C@@H]3O[C@H](CO)[C@@H](O)[C@H](O)[C@H]3O)ccc2Cl)C1. The number of hydrogen-bond acceptors (Lipinski definition) is 7. The van der Waals surface area contributed by atoms with E-state index in [-0.39, 0.29) is 6.10 Å². The molecule has 0 spiro atoms. The van der Waals surface area contributed by atoms with Gasteiger partial charge in [-0.25, -0.2) is 0 Å². The lowest BCUT2D eigenvalue weighted by Gasteiger charge is -2.40. The standard InChI is InChI=1S/C18H26ClNO6/c1-2-20-6-5-11(8-20)25-13-7-10(3-4-12(13)19)18-17(24)16(23)15(22)14(9-21)26-18/h3-4,7,11,14-18,21-24H,2,5-6,8-9H2,1H3/t11?,14-,15-,16+,17-,18+/m1/s1. The van der Waals surface area contributed by atoms with E-state index in [1.807, 2.05) is 0 Å². The fraction of sp³-hybridized carbons (Fsp3) is 0.667. The minimum atomic E-state index is -1.42. The molecule has 7 nitrogen and oxygen atoms in total. The highest BCUT2D eigenvalue weighted by molar-refractivity contribution is 6.32. The van der Waals surface area contributed by atoms with Crippen LogP contribution in [0, 0.1) is 0 Å². The van der Waals surface area contributed by atoms with Crippen LogP contribution < -0.4 is 4.74 Å². The summed E-state index contributed by atoms with van der Waals surface area (Å²) in [5, 5.41) is 40.0. The van der Waals surface area contributed by atoms with Crippen molar-refractivity contribution in [3.05, 3.63) is 28.8 Å². The Balaban J connectivity index is 1.78. The molecule has 1 unspecified atom stereocenters. The van der Waals surface area contributed by atoms with Gasteiger partial charge in [0.1, 0.15) is 42.4 Å². The average Bonchev–Trinajstić information content (AvgIpc) is 3.10. The second-order valence-corrected chi connectivity index (χ2v) is 7.27. The molecule has 2 saturated heterocycles. The molecule has 26 heavy (non-hydrogen) atoms. The van der Waals surface area contributed by atoms with Gasteiger partial charge in [0, 0.05) is 13.1 Å². The van der Waals surface area contributed by atoms with Crippen LogP contribution in [0.3, 0.4) is 0 Å². The minimum absolute atomic E-state index is 0.0394. The number of aliphatic hydroxyl groups is 4. The number of hydrogen-bond donors (Lipinski definition) is 4. The van der Waals surface area contributed by atoms with Crippen LogP contribution in [0.2, 0.25) is 5.02 Å². The number of ether oxygens (including phenoxy) is 2. The van der Waals surface area contributed by atoms with Gasteiger partial charge in [0.15, 0.2) is 0 Å². The smallest absolute Gasteiger partial charge is 0.138 e. The minimum Gasteiger partial charge on any atom is -0.487 e. The molecule has 4 N–H and O–H groups in total. The first-order chi connectivity index (χ1) is 12.4. The summed E-state index contributed by atoms with van der Waals surface area (Å²) in [4.78, 5) is 2.29. The van der Waals surface area contributed by atoms with Gasteiger partial charge >= 0.3 is 0 Å². The fourth-order valence-electron chi connectivity index (χ4n) is 3.52. The van der Waals surface area contributed by atoms with Crippen molar-refractivity contribution < 1.29 is 29.9 Å². The van der Waals surface area contributed by atoms with Crippen LogP contribution in [-0.2, 0) is 4.74 Å². The van der Waals surface area contributed by atoms with Gasteiger partial charge in [0.05, 0.1) is 11.6 Å². The van der Waals surface area contributed by atoms with Crippen molar-refractivity contribution in [1.82, 2.24) is 4.90 Å². The van der Waals surface area contributed by atoms with Crippen molar-refractivity contribution in [1.29, 1.82) is 0 Å². The number of likely N-dealkylation sites (tertiary alicyclic amines) is 1. The normalized spacial score (nSPS) is 35.6. The molecular weight excluding hydrogens is 362 g/mol. The number of benzene rings is 1. The Hall–Kier alpha value is -0.930. The molecule has 0 aliphatic carbocycles. The lowest BCUT2D eigenvalue weighted by atomic mass is 9.91. The van der Waals surface area contributed by atoms with Gasteiger partial charge in [-0.15, -0.1) is 0 Å². The largest absolute Gasteiger partial charge is 0.487 e. The molecule has 2 fully saturated rings. The van der Waals surface area contributed by atoms with E-state index >= 15 is 0 Å². The van der Waals surface area contributed by atoms with E-state index in [0.29, 0.717) is 16.3 Å². The van der Waals surface area contributed by atoms with Crippen molar-refractivity contribution in [2.24, 2.45) is 0 Å². The van der Waals surface area contributed by atoms with Crippen molar-refractivity contribution in [2.75, 3.05) is 26.2 Å². The van der Waals surface area contributed by atoms with Gasteiger partial charge in [0.25, 0.3) is 0 Å². The highest BCUT2D eigenvalue weighted by Crippen LogP contribution is 2.36. The average molecular weight is 388 g/mol. The molecule has 1 aromatic carbocycles. The summed E-state index contributed by atoms with van der Waals surface area (Å²) in [6.45, 7) is 4.42. The van der Waals surface area contributed by atoms with Crippen LogP contribution in [0.5, 0.6) is 5.75 Å². The van der Waals surface area contributed by atoms with Crippen LogP contribution in [0.4, 0.5) is 0 Å². The molecule has 0 amide bonds. The Bertz CT molecular complexity index is 615. The molecule has 6 atom stereocenters. The zero-order valence-electron chi connectivity index (χ0n) is 14.7. The Labute approximate surface area is 157 Å². The van der Waals surface area contributed by atoms with E-state index < -0.39 is 37.1 Å². The van der Waals surface area contributed by atoms with Crippen molar-refractivity contribution in [3.8, 4) is 5.75 Å². The Kier molecular flexibility index (Phi) is 6.40. The first-order valence-corrected chi connectivity index (χ1v) is 9.31. The monoisotopic (exact) mass is 387 g/mol.